The van der Waals surface area contributed by atoms with Gasteiger partial charge in [0.1, 0.15) is 0 Å². The van der Waals surface area contributed by atoms with E-state index in [1.165, 1.54) is 22.9 Å². The van der Waals surface area contributed by atoms with E-state index in [-0.39, 0.29) is 11.9 Å². The zero-order chi connectivity index (χ0) is 18.9. The lowest BCUT2D eigenvalue weighted by Crippen LogP contribution is -2.32. The Morgan fingerprint density at radius 3 is 2.89 bits per heavy atom. The molecule has 144 valence electrons. The molecule has 1 saturated carbocycles. The number of nitrogens with zero attached hydrogens (tertiary/aromatic N) is 3. The summed E-state index contributed by atoms with van der Waals surface area (Å²) in [5.74, 6) is 1.37. The lowest BCUT2D eigenvalue weighted by Gasteiger charge is -2.26. The maximum Gasteiger partial charge on any atom is 0.230 e. The predicted octanol–water partition coefficient (Wildman–Crippen LogP) is 4.63. The van der Waals surface area contributed by atoms with Crippen molar-refractivity contribution in [3.8, 4) is 10.7 Å². The van der Waals surface area contributed by atoms with Gasteiger partial charge in [0.05, 0.1) is 16.7 Å². The molecule has 1 amide bonds. The number of carbonyl (C=O) groups is 1. The van der Waals surface area contributed by atoms with Crippen molar-refractivity contribution in [2.45, 2.75) is 49.3 Å². The van der Waals surface area contributed by atoms with Gasteiger partial charge in [0, 0.05) is 6.04 Å². The van der Waals surface area contributed by atoms with Crippen LogP contribution in [0.3, 0.4) is 0 Å². The van der Waals surface area contributed by atoms with Gasteiger partial charge in [-0.05, 0) is 54.7 Å². The summed E-state index contributed by atoms with van der Waals surface area (Å²) in [6.45, 7) is 0. The van der Waals surface area contributed by atoms with Gasteiger partial charge < -0.3 is 5.32 Å². The number of hydrogen-bond acceptors (Lipinski definition) is 5. The molecule has 0 aliphatic heterocycles. The fourth-order valence-electron chi connectivity index (χ4n) is 3.88. The van der Waals surface area contributed by atoms with Gasteiger partial charge in [-0.1, -0.05) is 42.1 Å². The Morgan fingerprint density at radius 1 is 1.18 bits per heavy atom. The third kappa shape index (κ3) is 3.61. The van der Waals surface area contributed by atoms with Gasteiger partial charge >= 0.3 is 0 Å². The Labute approximate surface area is 172 Å². The molecule has 28 heavy (non-hydrogen) atoms. The summed E-state index contributed by atoms with van der Waals surface area (Å²) in [6, 6.07) is 13.2. The third-order valence-corrected chi connectivity index (χ3v) is 7.16. The van der Waals surface area contributed by atoms with Crippen molar-refractivity contribution in [2.24, 2.45) is 0 Å². The van der Waals surface area contributed by atoms with Crippen LogP contribution in [0.4, 0.5) is 0 Å². The largest absolute Gasteiger partial charge is 0.349 e. The zero-order valence-corrected chi connectivity index (χ0v) is 17.1. The second kappa shape index (κ2) is 7.72. The summed E-state index contributed by atoms with van der Waals surface area (Å²) in [4.78, 5) is 13.8. The van der Waals surface area contributed by atoms with Crippen LogP contribution in [0.5, 0.6) is 0 Å². The quantitative estimate of drug-likeness (QED) is 0.602. The molecule has 5 nitrogen and oxygen atoms in total. The van der Waals surface area contributed by atoms with Crippen molar-refractivity contribution in [3.05, 3.63) is 52.9 Å². The lowest BCUT2D eigenvalue weighted by molar-refractivity contribution is -0.119. The Bertz CT molecular complexity index is 978. The summed E-state index contributed by atoms with van der Waals surface area (Å²) < 4.78 is 2.22. The molecule has 5 rings (SSSR count). The minimum atomic E-state index is 0.0646. The minimum absolute atomic E-state index is 0.0646. The van der Waals surface area contributed by atoms with E-state index >= 15 is 0 Å². The molecular formula is C21H22N4OS2. The zero-order valence-electron chi connectivity index (χ0n) is 15.5. The number of fused-ring (bicyclic) bond motifs is 1. The number of rotatable bonds is 6. The van der Waals surface area contributed by atoms with Crippen LogP contribution in [0, 0.1) is 0 Å². The molecule has 3 aromatic rings. The van der Waals surface area contributed by atoms with E-state index in [4.69, 9.17) is 0 Å². The highest BCUT2D eigenvalue weighted by molar-refractivity contribution is 7.99. The second-order valence-electron chi connectivity index (χ2n) is 7.38. The molecule has 0 saturated heterocycles. The maximum atomic E-state index is 12.6. The van der Waals surface area contributed by atoms with Crippen LogP contribution >= 0.6 is 23.1 Å². The summed E-state index contributed by atoms with van der Waals surface area (Å²) in [5.41, 5.74) is 2.63. The number of amides is 1. The van der Waals surface area contributed by atoms with Crippen LogP contribution in [-0.4, -0.2) is 26.4 Å². The van der Waals surface area contributed by atoms with E-state index in [0.29, 0.717) is 11.8 Å². The van der Waals surface area contributed by atoms with E-state index in [1.807, 2.05) is 6.07 Å². The number of benzene rings is 1. The normalized spacial score (nSPS) is 18.6. The Morgan fingerprint density at radius 2 is 2.07 bits per heavy atom. The van der Waals surface area contributed by atoms with Gasteiger partial charge in [0.2, 0.25) is 5.91 Å². The van der Waals surface area contributed by atoms with Gasteiger partial charge in [-0.15, -0.1) is 21.5 Å². The standard InChI is InChI=1S/C21H22N4OS2/c26-19(22-17-8-3-6-14-5-1-2-7-16(14)17)13-28-21-24-23-20(18-9-4-12-27-18)25(21)15-10-11-15/h1-2,4-5,7,9,12,15,17H,3,6,8,10-11,13H2,(H,22,26)/t17-/m1/s1. The van der Waals surface area contributed by atoms with Crippen LogP contribution in [-0.2, 0) is 11.2 Å². The topological polar surface area (TPSA) is 59.8 Å². The molecule has 1 N–H and O–H groups in total. The number of thioether (sulfide) groups is 1. The smallest absolute Gasteiger partial charge is 0.230 e. The number of carbonyl (C=O) groups excluding carboxylic acids is 1. The van der Waals surface area contributed by atoms with Crippen LogP contribution in [0.1, 0.15) is 48.9 Å². The molecular weight excluding hydrogens is 388 g/mol. The van der Waals surface area contributed by atoms with Crippen molar-refractivity contribution in [1.82, 2.24) is 20.1 Å². The summed E-state index contributed by atoms with van der Waals surface area (Å²) in [5, 5.41) is 14.9. The van der Waals surface area contributed by atoms with Crippen molar-refractivity contribution >= 4 is 29.0 Å². The van der Waals surface area contributed by atoms with Crippen LogP contribution in [0.15, 0.2) is 46.9 Å². The molecule has 2 aromatic heterocycles. The van der Waals surface area contributed by atoms with Crippen molar-refractivity contribution in [2.75, 3.05) is 5.75 Å². The van der Waals surface area contributed by atoms with Gasteiger partial charge in [-0.3, -0.25) is 9.36 Å². The summed E-state index contributed by atoms with van der Waals surface area (Å²) in [6.07, 6.45) is 5.56. The first-order chi connectivity index (χ1) is 13.8. The van der Waals surface area contributed by atoms with E-state index in [9.17, 15) is 4.79 Å². The molecule has 0 spiro atoms. The molecule has 1 aromatic carbocycles. The Balaban J connectivity index is 1.27. The van der Waals surface area contributed by atoms with Gasteiger partial charge in [-0.2, -0.15) is 0 Å². The molecule has 2 heterocycles. The summed E-state index contributed by atoms with van der Waals surface area (Å²) >= 11 is 3.17. The van der Waals surface area contributed by atoms with Crippen LogP contribution in [0.25, 0.3) is 10.7 Å². The molecule has 1 atom stereocenters. The molecule has 0 radical (unpaired) electrons. The predicted molar refractivity (Wildman–Crippen MR) is 113 cm³/mol. The highest BCUT2D eigenvalue weighted by atomic mass is 32.2. The van der Waals surface area contributed by atoms with E-state index in [1.54, 1.807) is 11.3 Å². The number of aryl methyl sites for hydroxylation is 1. The van der Waals surface area contributed by atoms with E-state index in [0.717, 1.165) is 48.0 Å². The first-order valence-corrected chi connectivity index (χ1v) is 11.6. The average Bonchev–Trinajstić information content (AvgIpc) is 3.24. The average molecular weight is 411 g/mol. The molecule has 0 bridgehead atoms. The number of aromatic nitrogens is 3. The fourth-order valence-corrected chi connectivity index (χ4v) is 5.40. The number of nitrogens with one attached hydrogen (secondary N) is 1. The number of thiophene rings is 1. The SMILES string of the molecule is O=C(CSc1nnc(-c2cccs2)n1C1CC1)N[C@@H]1CCCc2ccccc21. The van der Waals surface area contributed by atoms with Crippen molar-refractivity contribution in [3.63, 3.8) is 0 Å². The monoisotopic (exact) mass is 410 g/mol. The molecule has 7 heteroatoms. The van der Waals surface area contributed by atoms with Crippen LogP contribution in [0.2, 0.25) is 0 Å². The maximum absolute atomic E-state index is 12.6. The molecule has 2 aliphatic rings. The van der Waals surface area contributed by atoms with Gasteiger partial charge in [0.25, 0.3) is 0 Å². The molecule has 2 aliphatic carbocycles. The Hall–Kier alpha value is -2.12. The van der Waals surface area contributed by atoms with Gasteiger partial charge in [-0.25, -0.2) is 0 Å². The van der Waals surface area contributed by atoms with Gasteiger partial charge in [0.15, 0.2) is 11.0 Å². The van der Waals surface area contributed by atoms with E-state index in [2.05, 4.69) is 55.8 Å². The van der Waals surface area contributed by atoms with E-state index < -0.39 is 0 Å². The molecule has 1 fully saturated rings. The summed E-state index contributed by atoms with van der Waals surface area (Å²) in [7, 11) is 0. The lowest BCUT2D eigenvalue weighted by atomic mass is 9.88. The first kappa shape index (κ1) is 17.9. The Kier molecular flexibility index (Phi) is 4.94. The second-order valence-corrected chi connectivity index (χ2v) is 9.27. The fraction of sp³-hybridized carbons (Fsp3) is 0.381. The molecule has 0 unspecified atom stereocenters. The highest BCUT2D eigenvalue weighted by Gasteiger charge is 2.31. The minimum Gasteiger partial charge on any atom is -0.349 e. The van der Waals surface area contributed by atoms with Crippen molar-refractivity contribution in [1.29, 1.82) is 0 Å². The van der Waals surface area contributed by atoms with Crippen LogP contribution < -0.4 is 5.32 Å². The first-order valence-electron chi connectivity index (χ1n) is 9.78. The third-order valence-electron chi connectivity index (χ3n) is 5.36. The highest BCUT2D eigenvalue weighted by Crippen LogP contribution is 2.41. The number of hydrogen-bond donors (Lipinski definition) is 1. The van der Waals surface area contributed by atoms with Crippen molar-refractivity contribution < 1.29 is 4.79 Å².